The zero-order valence-corrected chi connectivity index (χ0v) is 17.6. The van der Waals surface area contributed by atoms with Crippen LogP contribution in [-0.4, -0.2) is 54.7 Å². The van der Waals surface area contributed by atoms with Crippen LogP contribution in [0.4, 0.5) is 5.69 Å². The molecule has 3 aromatic rings. The Hall–Kier alpha value is -3.32. The van der Waals surface area contributed by atoms with Gasteiger partial charge in [-0.2, -0.15) is 0 Å². The number of aromatic amines is 2. The van der Waals surface area contributed by atoms with Crippen LogP contribution < -0.4 is 15.8 Å². The molecular weight excluding hydrogens is 378 g/mol. The van der Waals surface area contributed by atoms with Crippen LogP contribution in [0.3, 0.4) is 0 Å². The van der Waals surface area contributed by atoms with Crippen molar-refractivity contribution in [2.75, 3.05) is 38.6 Å². The molecule has 0 fully saturated rings. The lowest BCUT2D eigenvalue weighted by molar-refractivity contribution is 0.0951. The van der Waals surface area contributed by atoms with E-state index in [-0.39, 0.29) is 11.5 Å². The van der Waals surface area contributed by atoms with Gasteiger partial charge in [0.25, 0.3) is 11.5 Å². The fourth-order valence-corrected chi connectivity index (χ4v) is 3.84. The van der Waals surface area contributed by atoms with E-state index >= 15 is 0 Å². The number of benzene rings is 2. The van der Waals surface area contributed by atoms with E-state index in [0.717, 1.165) is 46.7 Å². The van der Waals surface area contributed by atoms with Crippen LogP contribution in [0.15, 0.2) is 47.3 Å². The molecule has 0 aliphatic carbocycles. The van der Waals surface area contributed by atoms with E-state index in [1.165, 1.54) is 0 Å². The zero-order chi connectivity index (χ0) is 21.3. The molecule has 0 saturated carbocycles. The third-order valence-electron chi connectivity index (χ3n) is 5.52. The molecule has 1 aromatic heterocycles. The lowest BCUT2D eigenvalue weighted by Gasteiger charge is -2.30. The van der Waals surface area contributed by atoms with E-state index in [1.54, 1.807) is 0 Å². The van der Waals surface area contributed by atoms with Gasteiger partial charge in [-0.3, -0.25) is 19.8 Å². The molecule has 0 spiro atoms. The fourth-order valence-electron chi connectivity index (χ4n) is 3.84. The van der Waals surface area contributed by atoms with E-state index in [1.807, 2.05) is 55.4 Å². The lowest BCUT2D eigenvalue weighted by atomic mass is 9.95. The van der Waals surface area contributed by atoms with Crippen LogP contribution in [0, 0.1) is 0 Å². The summed E-state index contributed by atoms with van der Waals surface area (Å²) < 4.78 is 0. The molecule has 3 N–H and O–H groups in total. The maximum Gasteiger partial charge on any atom is 0.269 e. The quantitative estimate of drug-likeness (QED) is 0.589. The van der Waals surface area contributed by atoms with Gasteiger partial charge >= 0.3 is 0 Å². The van der Waals surface area contributed by atoms with Gasteiger partial charge in [0.15, 0.2) is 0 Å². The first-order valence-electron chi connectivity index (χ1n) is 10.2. The average Bonchev–Trinajstić information content (AvgIpc) is 3.13. The molecule has 2 heterocycles. The smallest absolute Gasteiger partial charge is 0.269 e. The summed E-state index contributed by atoms with van der Waals surface area (Å²) in [7, 11) is 3.96. The number of carbonyl (C=O) groups excluding carboxylic acids is 1. The minimum Gasteiger partial charge on any atom is -0.367 e. The number of hydrogen-bond donors (Lipinski definition) is 3. The van der Waals surface area contributed by atoms with Crippen LogP contribution in [0.25, 0.3) is 22.4 Å². The van der Waals surface area contributed by atoms with Crippen molar-refractivity contribution >= 4 is 11.6 Å². The molecule has 4 rings (SSSR count). The Morgan fingerprint density at radius 3 is 2.70 bits per heavy atom. The van der Waals surface area contributed by atoms with Crippen LogP contribution in [0.1, 0.15) is 22.8 Å². The van der Waals surface area contributed by atoms with Crippen molar-refractivity contribution in [3.63, 3.8) is 0 Å². The minimum atomic E-state index is -0.0682. The largest absolute Gasteiger partial charge is 0.367 e. The minimum absolute atomic E-state index is 0.0637. The van der Waals surface area contributed by atoms with Crippen molar-refractivity contribution in [2.45, 2.75) is 13.5 Å². The number of hydrogen-bond acceptors (Lipinski definition) is 4. The molecule has 0 atom stereocenters. The summed E-state index contributed by atoms with van der Waals surface area (Å²) in [4.78, 5) is 28.8. The molecule has 1 aliphatic rings. The number of carbonyl (C=O) groups is 1. The highest BCUT2D eigenvalue weighted by atomic mass is 16.1. The first-order chi connectivity index (χ1) is 14.5. The molecule has 0 saturated heterocycles. The van der Waals surface area contributed by atoms with Crippen molar-refractivity contribution in [2.24, 2.45) is 0 Å². The predicted octanol–water partition coefficient (Wildman–Crippen LogP) is 2.67. The molecule has 1 amide bonds. The van der Waals surface area contributed by atoms with Gasteiger partial charge in [-0.05, 0) is 50.3 Å². The predicted molar refractivity (Wildman–Crippen MR) is 120 cm³/mol. The Balaban J connectivity index is 1.65. The molecule has 30 heavy (non-hydrogen) atoms. The third kappa shape index (κ3) is 3.76. The van der Waals surface area contributed by atoms with Crippen LogP contribution in [0.5, 0.6) is 0 Å². The highest BCUT2D eigenvalue weighted by molar-refractivity contribution is 5.95. The summed E-state index contributed by atoms with van der Waals surface area (Å²) in [5.74, 6) is -0.0682. The summed E-state index contributed by atoms with van der Waals surface area (Å²) in [6.45, 7) is 4.87. The standard InChI is InChI=1S/C23H27N5O2/c1-4-28-14-19-21(25-26-23(19)30)18-9-8-16(13-20(18)28)15-6-5-7-17(12-15)22(29)24-10-11-27(2)3/h5-9,12-13H,4,10-11,14H2,1-3H3,(H,24,29)(H2,25,26,30). The summed E-state index contributed by atoms with van der Waals surface area (Å²) in [5, 5.41) is 8.68. The number of anilines is 1. The molecule has 156 valence electrons. The molecule has 7 heteroatoms. The van der Waals surface area contributed by atoms with E-state index < -0.39 is 0 Å². The number of aromatic nitrogens is 2. The molecule has 1 aliphatic heterocycles. The van der Waals surface area contributed by atoms with Gasteiger partial charge in [-0.1, -0.05) is 24.3 Å². The monoisotopic (exact) mass is 405 g/mol. The average molecular weight is 406 g/mol. The summed E-state index contributed by atoms with van der Waals surface area (Å²) in [6, 6.07) is 13.9. The summed E-state index contributed by atoms with van der Waals surface area (Å²) in [5.41, 5.74) is 6.34. The summed E-state index contributed by atoms with van der Waals surface area (Å²) >= 11 is 0. The third-order valence-corrected chi connectivity index (χ3v) is 5.52. The normalized spacial score (nSPS) is 12.6. The van der Waals surface area contributed by atoms with Crippen molar-refractivity contribution in [1.82, 2.24) is 20.4 Å². The van der Waals surface area contributed by atoms with E-state index in [2.05, 4.69) is 33.4 Å². The van der Waals surface area contributed by atoms with Crippen molar-refractivity contribution in [3.05, 3.63) is 63.9 Å². The molecule has 0 radical (unpaired) electrons. The number of nitrogens with zero attached hydrogens (tertiary/aromatic N) is 2. The molecule has 2 aromatic carbocycles. The second-order valence-electron chi connectivity index (χ2n) is 7.82. The second-order valence-corrected chi connectivity index (χ2v) is 7.82. The molecule has 0 bridgehead atoms. The maximum absolute atomic E-state index is 12.5. The summed E-state index contributed by atoms with van der Waals surface area (Å²) in [6.07, 6.45) is 0. The van der Waals surface area contributed by atoms with Crippen LogP contribution in [-0.2, 0) is 6.54 Å². The van der Waals surface area contributed by atoms with Gasteiger partial charge in [0.2, 0.25) is 0 Å². The Morgan fingerprint density at radius 1 is 1.13 bits per heavy atom. The number of H-pyrrole nitrogens is 2. The van der Waals surface area contributed by atoms with Crippen molar-refractivity contribution in [3.8, 4) is 22.4 Å². The van der Waals surface area contributed by atoms with E-state index in [0.29, 0.717) is 18.7 Å². The number of fused-ring (bicyclic) bond motifs is 3. The Labute approximate surface area is 175 Å². The Bertz CT molecular complexity index is 1130. The topological polar surface area (TPSA) is 84.2 Å². The highest BCUT2D eigenvalue weighted by Gasteiger charge is 2.25. The first kappa shape index (κ1) is 20.0. The Kier molecular flexibility index (Phi) is 5.46. The molecular formula is C23H27N5O2. The highest BCUT2D eigenvalue weighted by Crippen LogP contribution is 2.39. The van der Waals surface area contributed by atoms with E-state index in [4.69, 9.17) is 0 Å². The van der Waals surface area contributed by atoms with Crippen molar-refractivity contribution < 1.29 is 4.79 Å². The SMILES string of the molecule is CCN1Cc2c([nH][nH]c2=O)-c2ccc(-c3cccc(C(=O)NCCN(C)C)c3)cc21. The van der Waals surface area contributed by atoms with E-state index in [9.17, 15) is 9.59 Å². The number of nitrogens with one attached hydrogen (secondary N) is 3. The van der Waals surface area contributed by atoms with Gasteiger partial charge in [0.1, 0.15) is 0 Å². The first-order valence-corrected chi connectivity index (χ1v) is 10.2. The lowest BCUT2D eigenvalue weighted by Crippen LogP contribution is -2.31. The Morgan fingerprint density at radius 2 is 1.93 bits per heavy atom. The van der Waals surface area contributed by atoms with Gasteiger partial charge in [0.05, 0.1) is 17.8 Å². The van der Waals surface area contributed by atoms with Gasteiger partial charge in [0, 0.05) is 36.4 Å². The fraction of sp³-hybridized carbons (Fsp3) is 0.304. The van der Waals surface area contributed by atoms with Gasteiger partial charge in [-0.15, -0.1) is 0 Å². The second kappa shape index (κ2) is 8.20. The molecule has 0 unspecified atom stereocenters. The number of rotatable bonds is 6. The van der Waals surface area contributed by atoms with Gasteiger partial charge in [-0.25, -0.2) is 0 Å². The maximum atomic E-state index is 12.5. The number of amides is 1. The van der Waals surface area contributed by atoms with Crippen LogP contribution in [0.2, 0.25) is 0 Å². The molecule has 7 nitrogen and oxygen atoms in total. The van der Waals surface area contributed by atoms with Crippen molar-refractivity contribution in [1.29, 1.82) is 0 Å². The number of likely N-dealkylation sites (N-methyl/N-ethyl adjacent to an activating group) is 1. The van der Waals surface area contributed by atoms with Crippen LogP contribution >= 0.6 is 0 Å². The zero-order valence-electron chi connectivity index (χ0n) is 17.6. The van der Waals surface area contributed by atoms with Gasteiger partial charge < -0.3 is 15.1 Å².